The first-order valence-corrected chi connectivity index (χ1v) is 34.2. The summed E-state index contributed by atoms with van der Waals surface area (Å²) in [5, 5.41) is 13.8. The number of carbonyl (C=O) groups excluding carboxylic acids is 5. The number of Topliss-reactive ketones (excluding diaryl/α,β-unsaturated/α-hetero) is 1. The van der Waals surface area contributed by atoms with Crippen LogP contribution in [0.3, 0.4) is 0 Å². The Morgan fingerprint density at radius 2 is 1.18 bits per heavy atom. The first-order valence-electron chi connectivity index (χ1n) is 32.7. The van der Waals surface area contributed by atoms with Crippen molar-refractivity contribution in [3.63, 3.8) is 0 Å². The van der Waals surface area contributed by atoms with Gasteiger partial charge >= 0.3 is 13.8 Å². The maximum Gasteiger partial charge on any atom is 0.472 e. The summed E-state index contributed by atoms with van der Waals surface area (Å²) in [6, 6.07) is -0.675. The molecule has 0 aromatic rings. The Balaban J connectivity index is 1.70. The zero-order valence-electron chi connectivity index (χ0n) is 53.5. The van der Waals surface area contributed by atoms with E-state index in [1.54, 1.807) is 6.92 Å². The molecule has 0 saturated carbocycles. The summed E-state index contributed by atoms with van der Waals surface area (Å²) >= 11 is 0. The minimum absolute atomic E-state index is 0.0437. The van der Waals surface area contributed by atoms with Crippen LogP contribution >= 0.6 is 7.82 Å². The van der Waals surface area contributed by atoms with Crippen molar-refractivity contribution in [3.05, 3.63) is 83.1 Å². The number of phosphoric ester groups is 1. The number of hydrogen-bond acceptors (Lipinski definition) is 11. The molecule has 16 heteroatoms. The van der Waals surface area contributed by atoms with E-state index >= 15 is 0 Å². The van der Waals surface area contributed by atoms with Gasteiger partial charge in [0, 0.05) is 38.6 Å². The fourth-order valence-electron chi connectivity index (χ4n) is 10.4. The normalized spacial score (nSPS) is 18.1. The molecule has 15 nitrogen and oxygen atoms in total. The Morgan fingerprint density at radius 1 is 0.643 bits per heavy atom. The monoisotopic (exact) mass is 1190 g/mol. The van der Waals surface area contributed by atoms with Gasteiger partial charge < -0.3 is 30.9 Å². The highest BCUT2D eigenvalue weighted by atomic mass is 31.2. The second-order valence-electron chi connectivity index (χ2n) is 24.1. The molecule has 0 bridgehead atoms. The summed E-state index contributed by atoms with van der Waals surface area (Å²) in [5.74, 6) is -1.81. The fraction of sp³-hybridized carbons (Fsp3) is 0.721. The Bertz CT molecular complexity index is 2160. The second-order valence-corrected chi connectivity index (χ2v) is 25.6. The van der Waals surface area contributed by atoms with Gasteiger partial charge in [-0.1, -0.05) is 196 Å². The van der Waals surface area contributed by atoms with Gasteiger partial charge in [-0.3, -0.25) is 38.3 Å². The highest BCUT2D eigenvalue weighted by molar-refractivity contribution is 7.47. The molecule has 3 atom stereocenters. The van der Waals surface area contributed by atoms with Crippen LogP contribution in [0.25, 0.3) is 0 Å². The number of amides is 3. The van der Waals surface area contributed by atoms with Crippen LogP contribution < -0.4 is 26.6 Å². The number of ketones is 1. The van der Waals surface area contributed by atoms with Crippen LogP contribution in [-0.4, -0.2) is 98.5 Å². The van der Waals surface area contributed by atoms with E-state index < -0.39 is 37.1 Å². The van der Waals surface area contributed by atoms with E-state index in [2.05, 4.69) is 97.7 Å². The number of unbranched alkanes of at least 4 members (excludes halogenated alkanes) is 22. The summed E-state index contributed by atoms with van der Waals surface area (Å²) < 4.78 is 29.3. The summed E-state index contributed by atoms with van der Waals surface area (Å²) in [5.41, 5.74) is 3.69. The van der Waals surface area contributed by atoms with Crippen molar-refractivity contribution in [2.45, 2.75) is 259 Å². The van der Waals surface area contributed by atoms with Crippen LogP contribution in [0.4, 0.5) is 0 Å². The first-order chi connectivity index (χ1) is 40.4. The minimum atomic E-state index is -4.57. The molecule has 478 valence electrons. The predicted octanol–water partition coefficient (Wildman–Crippen LogP) is 14.5. The van der Waals surface area contributed by atoms with E-state index in [-0.39, 0.29) is 69.6 Å². The van der Waals surface area contributed by atoms with Crippen LogP contribution in [0.1, 0.15) is 248 Å². The number of hydrogen-bond donors (Lipinski definition) is 6. The SMILES string of the molecule is CCCCCCCCC=CCCCCCCCC(=O)OCC1(COP(=O)(O)OCCNCCNC(=O)CNC(=O)CNC(=O)C=C(C)C=CC=C(C)C=CC2=C(C)CCCC2(C)C)NC1C(=O)CCCCCCCC=CCCCCCCCC. The number of nitrogens with one attached hydrogen (secondary N) is 5. The number of esters is 1. The molecule has 1 fully saturated rings. The lowest BCUT2D eigenvalue weighted by atomic mass is 9.72. The molecule has 2 rings (SSSR count). The lowest BCUT2D eigenvalue weighted by Gasteiger charge is -2.32. The van der Waals surface area contributed by atoms with E-state index in [0.29, 0.717) is 25.0 Å². The van der Waals surface area contributed by atoms with Crippen molar-refractivity contribution >= 4 is 37.3 Å². The lowest BCUT2D eigenvalue weighted by molar-refractivity contribution is -0.145. The van der Waals surface area contributed by atoms with Gasteiger partial charge in [-0.05, 0) is 121 Å². The van der Waals surface area contributed by atoms with Gasteiger partial charge in [0.15, 0.2) is 5.78 Å². The summed E-state index contributed by atoms with van der Waals surface area (Å²) in [4.78, 5) is 74.0. The van der Waals surface area contributed by atoms with Gasteiger partial charge in [-0.15, -0.1) is 0 Å². The number of allylic oxidation sites excluding steroid dienone is 13. The maximum absolute atomic E-state index is 13.4. The molecule has 0 radical (unpaired) electrons. The van der Waals surface area contributed by atoms with Crippen molar-refractivity contribution in [1.29, 1.82) is 0 Å². The van der Waals surface area contributed by atoms with Crippen molar-refractivity contribution < 1.29 is 47.2 Å². The molecule has 0 spiro atoms. The van der Waals surface area contributed by atoms with Crippen molar-refractivity contribution in [2.24, 2.45) is 5.41 Å². The molecule has 1 saturated heterocycles. The van der Waals surface area contributed by atoms with Crippen molar-refractivity contribution in [3.8, 4) is 0 Å². The average Bonchev–Trinajstić information content (AvgIpc) is 3.83. The molecule has 3 amide bonds. The van der Waals surface area contributed by atoms with Crippen LogP contribution in [0.2, 0.25) is 0 Å². The van der Waals surface area contributed by atoms with Crippen LogP contribution in [-0.2, 0) is 42.3 Å². The topological polar surface area (TPSA) is 220 Å². The maximum atomic E-state index is 13.4. The van der Waals surface area contributed by atoms with Crippen molar-refractivity contribution in [1.82, 2.24) is 26.6 Å². The van der Waals surface area contributed by atoms with Gasteiger partial charge in [0.2, 0.25) is 17.7 Å². The van der Waals surface area contributed by atoms with Crippen LogP contribution in [0.5, 0.6) is 0 Å². The molecule has 2 aliphatic rings. The fourth-order valence-corrected chi connectivity index (χ4v) is 11.1. The van der Waals surface area contributed by atoms with Gasteiger partial charge in [-0.25, -0.2) is 4.57 Å². The third-order valence-electron chi connectivity index (χ3n) is 15.7. The Morgan fingerprint density at radius 3 is 1.76 bits per heavy atom. The second kappa shape index (κ2) is 46.9. The van der Waals surface area contributed by atoms with Gasteiger partial charge in [0.1, 0.15) is 12.1 Å². The molecule has 0 aromatic heterocycles. The Labute approximate surface area is 509 Å². The molecular weight excluding hydrogens is 1080 g/mol. The van der Waals surface area contributed by atoms with E-state index in [9.17, 15) is 33.4 Å². The van der Waals surface area contributed by atoms with Gasteiger partial charge in [0.05, 0.1) is 32.3 Å². The molecule has 6 N–H and O–H groups in total. The summed E-state index contributed by atoms with van der Waals surface area (Å²) in [6.07, 6.45) is 54.9. The Hall–Kier alpha value is -4.24. The standard InChI is InChI=1S/C68H116N5O10P/c1-8-10-12-14-16-18-20-22-24-26-28-30-32-34-36-43-61(74)66-68(73-66,55-81-65(78)44-37-35-33-31-29-27-25-23-21-19-17-15-13-11-9-2)56-83-84(79,80)82-51-50-69-48-49-70-63(76)53-72-64(77)54-71-62(75)52-58(4)41-38-40-57(3)45-46-60-59(5)42-39-47-67(60,6)7/h22-25,38,40-41,45-46,52,66,69,73H,8-21,26-37,39,42-44,47-51,53-56H2,1-7H3,(H,70,76)(H,71,75)(H,72,77)(H,79,80). The zero-order valence-corrected chi connectivity index (χ0v) is 54.4. The van der Waals surface area contributed by atoms with Gasteiger partial charge in [-0.2, -0.15) is 0 Å². The first kappa shape index (κ1) is 75.9. The predicted molar refractivity (Wildman–Crippen MR) is 344 cm³/mol. The number of carbonyl (C=O) groups is 5. The van der Waals surface area contributed by atoms with Crippen LogP contribution in [0, 0.1) is 5.41 Å². The van der Waals surface area contributed by atoms with E-state index in [4.69, 9.17) is 13.8 Å². The third kappa shape index (κ3) is 38.7. The van der Waals surface area contributed by atoms with E-state index in [1.807, 2.05) is 25.2 Å². The summed E-state index contributed by atoms with van der Waals surface area (Å²) in [6.45, 7) is 14.5. The molecule has 1 heterocycles. The smallest absolute Gasteiger partial charge is 0.464 e. The highest BCUT2D eigenvalue weighted by Crippen LogP contribution is 2.46. The van der Waals surface area contributed by atoms with E-state index in [1.165, 1.54) is 107 Å². The average molecular weight is 1190 g/mol. The molecule has 3 unspecified atom stereocenters. The minimum Gasteiger partial charge on any atom is -0.464 e. The quantitative estimate of drug-likeness (QED) is 0.00637. The molecule has 1 aliphatic carbocycles. The van der Waals surface area contributed by atoms with Crippen LogP contribution in [0.15, 0.2) is 83.1 Å². The Kier molecular flexibility index (Phi) is 42.4. The molecular formula is C68H116N5O10P. The van der Waals surface area contributed by atoms with E-state index in [0.717, 1.165) is 95.5 Å². The number of ether oxygens (including phenoxy) is 1. The molecule has 0 aromatic carbocycles. The molecule has 1 aliphatic heterocycles. The summed E-state index contributed by atoms with van der Waals surface area (Å²) in [7, 11) is -4.57. The molecule has 84 heavy (non-hydrogen) atoms. The van der Waals surface area contributed by atoms with Gasteiger partial charge in [0.25, 0.3) is 0 Å². The zero-order chi connectivity index (χ0) is 61.6. The third-order valence-corrected chi connectivity index (χ3v) is 16.6. The highest BCUT2D eigenvalue weighted by Gasteiger charge is 2.59. The largest absolute Gasteiger partial charge is 0.472 e. The lowest BCUT2D eigenvalue weighted by Crippen LogP contribution is -2.43. The number of rotatable bonds is 52. The van der Waals surface area contributed by atoms with Crippen molar-refractivity contribution in [2.75, 3.05) is 52.5 Å². The number of phosphoric acid groups is 1.